The van der Waals surface area contributed by atoms with Gasteiger partial charge in [0.15, 0.2) is 0 Å². The summed E-state index contributed by atoms with van der Waals surface area (Å²) in [7, 11) is 0. The molecule has 6 heteroatoms. The van der Waals surface area contributed by atoms with Gasteiger partial charge in [0, 0.05) is 66.7 Å². The van der Waals surface area contributed by atoms with E-state index >= 15 is 0 Å². The fraction of sp³-hybridized carbons (Fsp3) is 0.108. The van der Waals surface area contributed by atoms with Gasteiger partial charge in [-0.05, 0) is 98.8 Å². The van der Waals surface area contributed by atoms with Gasteiger partial charge in [-0.1, -0.05) is 228 Å². The smallest absolute Gasteiger partial charge is 0.135 e. The van der Waals surface area contributed by atoms with Gasteiger partial charge < -0.3 is 19.6 Å². The van der Waals surface area contributed by atoms with Gasteiger partial charge >= 0.3 is 0 Å². The van der Waals surface area contributed by atoms with Crippen LogP contribution >= 0.6 is 0 Å². The molecule has 0 unspecified atom stereocenters. The number of aromatic nitrogens is 1. The van der Waals surface area contributed by atoms with Crippen molar-refractivity contribution in [3.05, 3.63) is 279 Å². The summed E-state index contributed by atoms with van der Waals surface area (Å²) in [6, 6.07) is 63.7. The second kappa shape index (κ2) is 21.1. The van der Waals surface area contributed by atoms with Crippen LogP contribution in [0.1, 0.15) is 66.4 Å². The number of nitrogens with zero attached hydrogens (tertiary/aromatic N) is 5. The second-order valence-corrected chi connectivity index (χ2v) is 21.8. The van der Waals surface area contributed by atoms with E-state index in [2.05, 4.69) is 134 Å². The topological polar surface area (TPSA) is 25.9 Å². The van der Waals surface area contributed by atoms with E-state index in [0.717, 1.165) is 61.8 Å². The maximum Gasteiger partial charge on any atom is 0.135 e. The van der Waals surface area contributed by atoms with Crippen LogP contribution in [0.25, 0.3) is 55.6 Å². The summed E-state index contributed by atoms with van der Waals surface area (Å²) in [6.07, 6.45) is 1.81. The minimum atomic E-state index is -0.661. The van der Waals surface area contributed by atoms with Crippen LogP contribution in [0.2, 0.25) is 0 Å². The Kier molecular flexibility index (Phi) is 10.9. The molecule has 0 radical (unpaired) electrons. The quantitative estimate of drug-likeness (QED) is 0.134. The van der Waals surface area contributed by atoms with Crippen molar-refractivity contribution in [2.24, 2.45) is 0 Å². The summed E-state index contributed by atoms with van der Waals surface area (Å²) in [5.74, 6) is 0.721. The van der Waals surface area contributed by atoms with Gasteiger partial charge in [-0.2, -0.15) is 6.07 Å². The SMILES string of the molecule is [2H]c1c([2H])c([2H])c(-c2cc(C(C)(C)C)cc(-c3c([2H])c([2H])c([2H])c([2H])c3[2H])c2N2[CH-]N(c3[c-]c(N(c4[c-]c5c(cc4)-c4ccccc4-c4ccc(C(C)(C)C)cc4N5c4ccccn4)c4ccccc4)cc(-c4ccccc4)c3)c3ccccc32)c([2H])c1[2H].[Pt]. The van der Waals surface area contributed by atoms with Crippen LogP contribution in [0.15, 0.2) is 249 Å². The number of hydrogen-bond acceptors (Lipinski definition) is 5. The third kappa shape index (κ3) is 9.60. The molecule has 0 fully saturated rings. The maximum absolute atomic E-state index is 9.48. The molecular weight excluding hydrogens is 1150 g/mol. The Morgan fingerprint density at radius 1 is 0.450 bits per heavy atom. The first-order chi connectivity index (χ1) is 42.6. The molecule has 5 nitrogen and oxygen atoms in total. The summed E-state index contributed by atoms with van der Waals surface area (Å²) in [4.78, 5) is 13.2. The average Bonchev–Trinajstić information content (AvgIpc) is 1.27. The van der Waals surface area contributed by atoms with Gasteiger partial charge in [-0.3, -0.25) is 0 Å². The molecule has 394 valence electrons. The van der Waals surface area contributed by atoms with E-state index in [1.54, 1.807) is 12.1 Å². The Labute approximate surface area is 500 Å². The van der Waals surface area contributed by atoms with Crippen molar-refractivity contribution in [1.82, 2.24) is 4.98 Å². The number of anilines is 10. The average molecular weight is 1220 g/mol. The van der Waals surface area contributed by atoms with Crippen molar-refractivity contribution >= 4 is 57.0 Å². The minimum absolute atomic E-state index is 0. The first-order valence-corrected chi connectivity index (χ1v) is 26.5. The fourth-order valence-corrected chi connectivity index (χ4v) is 10.7. The number of pyridine rings is 1. The molecule has 80 heavy (non-hydrogen) atoms. The van der Waals surface area contributed by atoms with Gasteiger partial charge in [-0.25, -0.2) is 4.98 Å². The Hall–Kier alpha value is -8.76. The molecule has 0 saturated heterocycles. The van der Waals surface area contributed by atoms with Gasteiger partial charge in [0.2, 0.25) is 0 Å². The summed E-state index contributed by atoms with van der Waals surface area (Å²) < 4.78 is 91.0. The van der Waals surface area contributed by atoms with E-state index in [1.165, 1.54) is 0 Å². The van der Waals surface area contributed by atoms with E-state index < -0.39 is 65.8 Å². The van der Waals surface area contributed by atoms with Crippen LogP contribution in [-0.4, -0.2) is 4.98 Å². The van der Waals surface area contributed by atoms with Crippen LogP contribution in [-0.2, 0) is 31.9 Å². The van der Waals surface area contributed by atoms with Crippen LogP contribution in [0.3, 0.4) is 0 Å². The molecule has 0 atom stereocenters. The fourth-order valence-electron chi connectivity index (χ4n) is 10.7. The molecule has 13 rings (SSSR count). The molecule has 0 spiro atoms. The van der Waals surface area contributed by atoms with E-state index in [-0.39, 0.29) is 54.4 Å². The van der Waals surface area contributed by atoms with Crippen molar-refractivity contribution in [3.8, 4) is 55.6 Å². The number of para-hydroxylation sites is 3. The number of fused-ring (bicyclic) bond motifs is 6. The molecule has 0 bridgehead atoms. The summed E-state index contributed by atoms with van der Waals surface area (Å²) >= 11 is 0. The molecule has 0 saturated carbocycles. The molecule has 0 amide bonds. The standard InChI is InChI=1S/C74H60N5.Pt/c1-73(2,3)55-38-40-63-61-33-19-20-34-62(61)64-41-39-58(49-70(64)79(69(63)47-55)71-37-23-24-42-75-71)78(57-31-17-10-18-32-57)60-44-54(51-25-11-7-12-26-51)43-59(48-60)76-50-77(68-36-22-21-35-67(68)76)72-65(52-27-13-8-14-28-52)45-56(74(4,5)6)46-66(72)53-29-15-9-16-30-53;/h7-47,50H,1-6H3;/q-3;/i8D,9D,13D,14D,15D,16D,27D,28D,29D,30D;. The van der Waals surface area contributed by atoms with Crippen molar-refractivity contribution in [2.45, 2.75) is 52.4 Å². The van der Waals surface area contributed by atoms with E-state index in [1.807, 2.05) is 122 Å². The maximum atomic E-state index is 9.48. The third-order valence-corrected chi connectivity index (χ3v) is 14.7. The second-order valence-electron chi connectivity index (χ2n) is 21.8. The summed E-state index contributed by atoms with van der Waals surface area (Å²) in [6.45, 7) is 14.4. The zero-order valence-corrected chi connectivity index (χ0v) is 47.3. The molecule has 1 aromatic heterocycles. The van der Waals surface area contributed by atoms with Crippen molar-refractivity contribution in [2.75, 3.05) is 19.6 Å². The Morgan fingerprint density at radius 2 is 1.02 bits per heavy atom. The molecule has 3 heterocycles. The zero-order chi connectivity index (χ0) is 62.5. The van der Waals surface area contributed by atoms with Crippen molar-refractivity contribution in [3.63, 3.8) is 0 Å². The molecule has 0 aliphatic carbocycles. The zero-order valence-electron chi connectivity index (χ0n) is 55.0. The van der Waals surface area contributed by atoms with Gasteiger partial charge in [0.1, 0.15) is 5.82 Å². The summed E-state index contributed by atoms with van der Waals surface area (Å²) in [5, 5.41) is 0. The van der Waals surface area contributed by atoms with Crippen LogP contribution in [0.5, 0.6) is 0 Å². The van der Waals surface area contributed by atoms with Gasteiger partial charge in [0.05, 0.1) is 19.4 Å². The Bertz CT molecular complexity index is 4500. The number of hydrogen-bond donors (Lipinski definition) is 0. The predicted octanol–water partition coefficient (Wildman–Crippen LogP) is 20.3. The van der Waals surface area contributed by atoms with E-state index in [4.69, 9.17) is 13.2 Å². The minimum Gasteiger partial charge on any atom is -0.493 e. The number of rotatable bonds is 9. The van der Waals surface area contributed by atoms with Crippen LogP contribution in [0, 0.1) is 18.8 Å². The molecule has 0 N–H and O–H groups in total. The van der Waals surface area contributed by atoms with Crippen LogP contribution in [0.4, 0.5) is 57.0 Å². The van der Waals surface area contributed by atoms with Gasteiger partial charge in [0.25, 0.3) is 0 Å². The predicted molar refractivity (Wildman–Crippen MR) is 331 cm³/mol. The summed E-state index contributed by atoms with van der Waals surface area (Å²) in [5.41, 5.74) is 13.0. The molecule has 2 aliphatic heterocycles. The molecule has 11 aromatic rings. The van der Waals surface area contributed by atoms with Crippen LogP contribution < -0.4 is 19.6 Å². The Balaban J connectivity index is 0.00000785. The molecule has 2 aliphatic rings. The largest absolute Gasteiger partial charge is 0.493 e. The third-order valence-electron chi connectivity index (χ3n) is 14.7. The normalized spacial score (nSPS) is 14.4. The monoisotopic (exact) mass is 1220 g/mol. The van der Waals surface area contributed by atoms with Gasteiger partial charge in [-0.15, -0.1) is 53.8 Å². The van der Waals surface area contributed by atoms with Crippen molar-refractivity contribution < 1.29 is 34.8 Å². The molecule has 10 aromatic carbocycles. The number of benzene rings is 10. The first-order valence-electron chi connectivity index (χ1n) is 31.5. The van der Waals surface area contributed by atoms with E-state index in [9.17, 15) is 5.48 Å². The van der Waals surface area contributed by atoms with Crippen molar-refractivity contribution in [1.29, 1.82) is 0 Å². The first kappa shape index (κ1) is 41.3. The van der Waals surface area contributed by atoms with E-state index in [0.29, 0.717) is 34.0 Å². The Morgan fingerprint density at radius 3 is 1.65 bits per heavy atom. The molecular formula is C74H60N5Pt-3.